The Kier molecular flexibility index (Phi) is 7.34. The molecule has 2 N–H and O–H groups in total. The monoisotopic (exact) mass is 560 g/mol. The van der Waals surface area contributed by atoms with Gasteiger partial charge in [0.25, 0.3) is 11.8 Å². The van der Waals surface area contributed by atoms with Crippen LogP contribution in [0.1, 0.15) is 22.8 Å². The molecular formula is C23H17IN2O7. The highest BCUT2D eigenvalue weighted by molar-refractivity contribution is 14.1. The third-order valence-electron chi connectivity index (χ3n) is 4.42. The van der Waals surface area contributed by atoms with Crippen LogP contribution in [0, 0.1) is 15.9 Å². The number of aromatic carboxylic acids is 1. The summed E-state index contributed by atoms with van der Waals surface area (Å²) in [4.78, 5) is 49.7. The van der Waals surface area contributed by atoms with Gasteiger partial charge in [0.15, 0.2) is 11.5 Å². The summed E-state index contributed by atoms with van der Waals surface area (Å²) >= 11 is 2.02. The van der Waals surface area contributed by atoms with Crippen molar-refractivity contribution in [2.75, 3.05) is 18.1 Å². The molecule has 0 saturated carbocycles. The van der Waals surface area contributed by atoms with E-state index >= 15 is 0 Å². The van der Waals surface area contributed by atoms with E-state index < -0.39 is 23.8 Å². The zero-order valence-corrected chi connectivity index (χ0v) is 19.4. The van der Waals surface area contributed by atoms with Crippen LogP contribution >= 0.6 is 22.6 Å². The van der Waals surface area contributed by atoms with Gasteiger partial charge in [0.05, 0.1) is 21.4 Å². The van der Waals surface area contributed by atoms with E-state index in [-0.39, 0.29) is 23.4 Å². The molecule has 0 aliphatic carbocycles. The number of carboxylic acids is 1. The molecule has 4 amide bonds. The second kappa shape index (κ2) is 10.2. The average Bonchev–Trinajstić information content (AvgIpc) is 2.76. The van der Waals surface area contributed by atoms with Gasteiger partial charge in [-0.2, -0.15) is 0 Å². The van der Waals surface area contributed by atoms with Crippen LogP contribution < -0.4 is 19.7 Å². The van der Waals surface area contributed by atoms with E-state index in [1.807, 2.05) is 22.6 Å². The van der Waals surface area contributed by atoms with E-state index in [4.69, 9.17) is 21.0 Å². The number of ether oxygens (including phenoxy) is 2. The molecule has 33 heavy (non-hydrogen) atoms. The molecule has 168 valence electrons. The lowest BCUT2D eigenvalue weighted by Crippen LogP contribution is -2.54. The predicted molar refractivity (Wildman–Crippen MR) is 127 cm³/mol. The van der Waals surface area contributed by atoms with E-state index in [0.29, 0.717) is 27.2 Å². The first-order valence-corrected chi connectivity index (χ1v) is 10.6. The van der Waals surface area contributed by atoms with Gasteiger partial charge in [0.2, 0.25) is 0 Å². The quantitative estimate of drug-likeness (QED) is 0.231. The van der Waals surface area contributed by atoms with Crippen LogP contribution in [0.25, 0.3) is 6.08 Å². The Morgan fingerprint density at radius 1 is 1.21 bits per heavy atom. The summed E-state index contributed by atoms with van der Waals surface area (Å²) in [5, 5.41) is 11.2. The number of benzene rings is 2. The Morgan fingerprint density at radius 2 is 1.91 bits per heavy atom. The van der Waals surface area contributed by atoms with Crippen LogP contribution in [0.15, 0.2) is 42.0 Å². The zero-order valence-electron chi connectivity index (χ0n) is 17.3. The zero-order chi connectivity index (χ0) is 24.1. The molecule has 1 fully saturated rings. The highest BCUT2D eigenvalue weighted by atomic mass is 127. The number of hydrogen-bond donors (Lipinski definition) is 2. The van der Waals surface area contributed by atoms with Gasteiger partial charge in [-0.05, 0) is 77.6 Å². The van der Waals surface area contributed by atoms with Crippen molar-refractivity contribution in [1.29, 1.82) is 0 Å². The van der Waals surface area contributed by atoms with Gasteiger partial charge in [0, 0.05) is 0 Å². The highest BCUT2D eigenvalue weighted by Gasteiger charge is 2.37. The third kappa shape index (κ3) is 5.15. The van der Waals surface area contributed by atoms with Gasteiger partial charge in [-0.25, -0.2) is 14.5 Å². The molecule has 2 aromatic rings. The fraction of sp³-hybridized carbons (Fsp3) is 0.130. The van der Waals surface area contributed by atoms with Crippen molar-refractivity contribution in [3.05, 3.63) is 56.7 Å². The maximum Gasteiger partial charge on any atom is 0.335 e. The average molecular weight is 560 g/mol. The van der Waals surface area contributed by atoms with Crippen LogP contribution in [0.2, 0.25) is 0 Å². The van der Waals surface area contributed by atoms with Crippen LogP contribution in [0.5, 0.6) is 11.5 Å². The lowest BCUT2D eigenvalue weighted by Gasteiger charge is -2.26. The molecule has 0 spiro atoms. The van der Waals surface area contributed by atoms with Gasteiger partial charge in [0.1, 0.15) is 12.2 Å². The second-order valence-corrected chi connectivity index (χ2v) is 7.73. The number of terminal acetylenes is 1. The van der Waals surface area contributed by atoms with Crippen molar-refractivity contribution in [2.45, 2.75) is 6.92 Å². The van der Waals surface area contributed by atoms with Crippen molar-refractivity contribution in [3.63, 3.8) is 0 Å². The van der Waals surface area contributed by atoms with Gasteiger partial charge in [-0.15, -0.1) is 6.42 Å². The number of nitrogens with one attached hydrogen (secondary N) is 1. The van der Waals surface area contributed by atoms with Crippen molar-refractivity contribution in [2.24, 2.45) is 0 Å². The van der Waals surface area contributed by atoms with E-state index in [9.17, 15) is 19.2 Å². The third-order valence-corrected chi connectivity index (χ3v) is 5.22. The summed E-state index contributed by atoms with van der Waals surface area (Å²) in [5.41, 5.74) is 0.279. The number of carbonyl (C=O) groups is 4. The summed E-state index contributed by atoms with van der Waals surface area (Å²) < 4.78 is 11.8. The molecule has 10 heteroatoms. The molecule has 0 bridgehead atoms. The Hall–Kier alpha value is -3.85. The minimum Gasteiger partial charge on any atom is -0.490 e. The van der Waals surface area contributed by atoms with Gasteiger partial charge in [-0.3, -0.25) is 14.9 Å². The van der Waals surface area contributed by atoms with Crippen LogP contribution in [0.4, 0.5) is 10.5 Å². The Bertz CT molecular complexity index is 1210. The molecule has 1 heterocycles. The standard InChI is InChI=1S/C23H17IN2O7/c1-3-9-33-19-17(24)11-13(12-18(19)32-4-2)10-16-20(27)25-23(31)26(21(16)28)15-7-5-14(6-8-15)22(29)30/h1,5-8,10-12H,4,9H2,2H3,(H,29,30)(H,25,27,31)/b16-10+. The molecule has 1 aliphatic rings. The maximum absolute atomic E-state index is 13.1. The Labute approximate surface area is 202 Å². The first kappa shape index (κ1) is 23.8. The molecule has 2 aromatic carbocycles. The second-order valence-electron chi connectivity index (χ2n) is 6.57. The molecule has 3 rings (SSSR count). The number of rotatable bonds is 7. The maximum atomic E-state index is 13.1. The molecule has 1 aliphatic heterocycles. The molecule has 0 radical (unpaired) electrons. The minimum atomic E-state index is -1.15. The minimum absolute atomic E-state index is 0.0133. The number of amides is 4. The number of halogens is 1. The lowest BCUT2D eigenvalue weighted by atomic mass is 10.1. The number of imide groups is 2. The van der Waals surface area contributed by atoms with Crippen molar-refractivity contribution >= 4 is 58.2 Å². The first-order valence-electron chi connectivity index (χ1n) is 9.54. The number of barbiturate groups is 1. The highest BCUT2D eigenvalue weighted by Crippen LogP contribution is 2.35. The van der Waals surface area contributed by atoms with Gasteiger partial charge in [-0.1, -0.05) is 5.92 Å². The van der Waals surface area contributed by atoms with Crippen LogP contribution in [-0.2, 0) is 9.59 Å². The molecular weight excluding hydrogens is 543 g/mol. The van der Waals surface area contributed by atoms with E-state index in [1.165, 1.54) is 30.3 Å². The number of anilines is 1. The molecule has 9 nitrogen and oxygen atoms in total. The summed E-state index contributed by atoms with van der Waals surface area (Å²) in [5.74, 6) is 0.334. The molecule has 0 unspecified atom stereocenters. The molecule has 0 aromatic heterocycles. The number of nitrogens with zero attached hydrogens (tertiary/aromatic N) is 1. The lowest BCUT2D eigenvalue weighted by molar-refractivity contribution is -0.122. The smallest absolute Gasteiger partial charge is 0.335 e. The van der Waals surface area contributed by atoms with E-state index in [0.717, 1.165) is 4.90 Å². The van der Waals surface area contributed by atoms with Crippen molar-refractivity contribution in [3.8, 4) is 23.8 Å². The topological polar surface area (TPSA) is 122 Å². The number of carboxylic acid groups (broad SMARTS) is 1. The largest absolute Gasteiger partial charge is 0.490 e. The molecule has 0 atom stereocenters. The molecule has 1 saturated heterocycles. The van der Waals surface area contributed by atoms with Crippen LogP contribution in [0.3, 0.4) is 0 Å². The van der Waals surface area contributed by atoms with E-state index in [1.54, 1.807) is 19.1 Å². The fourth-order valence-electron chi connectivity index (χ4n) is 3.00. The summed E-state index contributed by atoms with van der Waals surface area (Å²) in [6.07, 6.45) is 6.59. The van der Waals surface area contributed by atoms with Gasteiger partial charge >= 0.3 is 12.0 Å². The van der Waals surface area contributed by atoms with Crippen molar-refractivity contribution in [1.82, 2.24) is 5.32 Å². The summed E-state index contributed by atoms with van der Waals surface area (Å²) in [7, 11) is 0. The predicted octanol–water partition coefficient (Wildman–Crippen LogP) is 3.07. The summed E-state index contributed by atoms with van der Waals surface area (Å²) in [6.45, 7) is 2.17. The van der Waals surface area contributed by atoms with Crippen LogP contribution in [-0.4, -0.2) is 42.1 Å². The number of urea groups is 1. The SMILES string of the molecule is C#CCOc1c(I)cc(/C=C2\C(=O)NC(=O)N(c3ccc(C(=O)O)cc3)C2=O)cc1OCC. The summed E-state index contributed by atoms with van der Waals surface area (Å²) in [6, 6.07) is 7.45. The van der Waals surface area contributed by atoms with Crippen molar-refractivity contribution < 1.29 is 33.8 Å². The number of hydrogen-bond acceptors (Lipinski definition) is 6. The number of carbonyl (C=O) groups excluding carboxylic acids is 3. The van der Waals surface area contributed by atoms with E-state index in [2.05, 4.69) is 11.2 Å². The normalized spacial score (nSPS) is 14.6. The first-order chi connectivity index (χ1) is 15.8. The Balaban J connectivity index is 2.00. The van der Waals surface area contributed by atoms with Gasteiger partial charge < -0.3 is 14.6 Å². The Morgan fingerprint density at radius 3 is 2.52 bits per heavy atom. The fourth-order valence-corrected chi connectivity index (χ4v) is 3.78.